The van der Waals surface area contributed by atoms with Crippen molar-refractivity contribution < 1.29 is 18.4 Å². The molecule has 1 aliphatic heterocycles. The Morgan fingerprint density at radius 3 is 2.56 bits per heavy atom. The molecule has 0 saturated carbocycles. The van der Waals surface area contributed by atoms with Gasteiger partial charge in [-0.3, -0.25) is 10.1 Å². The van der Waals surface area contributed by atoms with Crippen LogP contribution in [0, 0.1) is 16.0 Å². The van der Waals surface area contributed by atoms with Crippen LogP contribution in [0.15, 0.2) is 64.8 Å². The zero-order chi connectivity index (χ0) is 18.0. The summed E-state index contributed by atoms with van der Waals surface area (Å²) in [5.74, 6) is -0.163. The Morgan fingerprint density at radius 2 is 1.96 bits per heavy atom. The number of aliphatic hydroxyl groups is 1. The Balaban J connectivity index is 1.87. The van der Waals surface area contributed by atoms with Crippen molar-refractivity contribution in [1.29, 1.82) is 0 Å². The van der Waals surface area contributed by atoms with E-state index in [0.29, 0.717) is 0 Å². The Labute approximate surface area is 145 Å². The molecule has 1 N–H and O–H groups in total. The quantitative estimate of drug-likeness (QED) is 0.655. The number of nitro groups is 1. The van der Waals surface area contributed by atoms with E-state index in [-0.39, 0.29) is 35.3 Å². The predicted molar refractivity (Wildman–Crippen MR) is 92.5 cm³/mol. The van der Waals surface area contributed by atoms with Crippen LogP contribution in [0.25, 0.3) is 0 Å². The molecule has 1 atom stereocenters. The molecule has 1 aliphatic carbocycles. The molecule has 25 heavy (non-hydrogen) atoms. The van der Waals surface area contributed by atoms with Crippen molar-refractivity contribution in [2.75, 3.05) is 13.1 Å². The maximum absolute atomic E-state index is 12.8. The Bertz CT molecular complexity index is 869. The van der Waals surface area contributed by atoms with Gasteiger partial charge in [-0.15, -0.1) is 0 Å². The molecule has 1 heterocycles. The van der Waals surface area contributed by atoms with Gasteiger partial charge < -0.3 is 5.11 Å². The standard InChI is InChI=1S/C17H18N2O5S/c20-16-10-14(13-4-2-1-3-5-13)11-18(12-16)25(23,24)17-8-6-15(7-9-17)19(21)22/h1-2,4,6-10,14,20H,3,5,11-12H2. The maximum Gasteiger partial charge on any atom is 0.269 e. The Kier molecular flexibility index (Phi) is 4.73. The number of aliphatic hydroxyl groups excluding tert-OH is 1. The summed E-state index contributed by atoms with van der Waals surface area (Å²) >= 11 is 0. The van der Waals surface area contributed by atoms with Crippen molar-refractivity contribution in [3.8, 4) is 0 Å². The number of nitrogens with zero attached hydrogens (tertiary/aromatic N) is 2. The number of hydrogen-bond acceptors (Lipinski definition) is 5. The van der Waals surface area contributed by atoms with Gasteiger partial charge in [0.2, 0.25) is 10.0 Å². The first kappa shape index (κ1) is 17.4. The molecule has 0 radical (unpaired) electrons. The summed E-state index contributed by atoms with van der Waals surface area (Å²) in [5, 5.41) is 20.7. The molecular weight excluding hydrogens is 344 g/mol. The zero-order valence-electron chi connectivity index (χ0n) is 13.4. The Hall–Kier alpha value is -2.45. The highest BCUT2D eigenvalue weighted by Crippen LogP contribution is 2.30. The zero-order valence-corrected chi connectivity index (χ0v) is 14.2. The topological polar surface area (TPSA) is 101 Å². The lowest BCUT2D eigenvalue weighted by Crippen LogP contribution is -2.40. The average Bonchev–Trinajstić information content (AvgIpc) is 2.62. The molecule has 1 unspecified atom stereocenters. The molecule has 0 amide bonds. The van der Waals surface area contributed by atoms with E-state index < -0.39 is 14.9 Å². The van der Waals surface area contributed by atoms with Crippen molar-refractivity contribution in [1.82, 2.24) is 4.31 Å². The molecule has 3 rings (SSSR count). The molecule has 0 fully saturated rings. The lowest BCUT2D eigenvalue weighted by Gasteiger charge is -2.31. The monoisotopic (exact) mass is 362 g/mol. The lowest BCUT2D eigenvalue weighted by molar-refractivity contribution is -0.384. The van der Waals surface area contributed by atoms with E-state index in [1.165, 1.54) is 28.6 Å². The first-order valence-corrected chi connectivity index (χ1v) is 9.32. The van der Waals surface area contributed by atoms with E-state index in [4.69, 9.17) is 0 Å². The van der Waals surface area contributed by atoms with Crippen molar-refractivity contribution in [2.24, 2.45) is 5.92 Å². The van der Waals surface area contributed by atoms with Crippen molar-refractivity contribution in [2.45, 2.75) is 17.7 Å². The minimum Gasteiger partial charge on any atom is -0.511 e. The highest BCUT2D eigenvalue weighted by molar-refractivity contribution is 7.89. The molecular formula is C17H18N2O5S. The minimum atomic E-state index is -3.84. The summed E-state index contributed by atoms with van der Waals surface area (Å²) in [6.07, 6.45) is 9.37. The van der Waals surface area contributed by atoms with Crippen LogP contribution in [-0.2, 0) is 10.0 Å². The van der Waals surface area contributed by atoms with E-state index in [1.807, 2.05) is 18.2 Å². The summed E-state index contributed by atoms with van der Waals surface area (Å²) in [5.41, 5.74) is 0.912. The van der Waals surface area contributed by atoms with Crippen LogP contribution >= 0.6 is 0 Å². The molecule has 0 bridgehead atoms. The van der Waals surface area contributed by atoms with Gasteiger partial charge in [0, 0.05) is 24.6 Å². The third-order valence-electron chi connectivity index (χ3n) is 4.34. The van der Waals surface area contributed by atoms with Gasteiger partial charge in [-0.25, -0.2) is 8.42 Å². The van der Waals surface area contributed by atoms with Crippen LogP contribution in [0.3, 0.4) is 0 Å². The van der Waals surface area contributed by atoms with Gasteiger partial charge in [-0.2, -0.15) is 4.31 Å². The number of benzene rings is 1. The van der Waals surface area contributed by atoms with E-state index in [9.17, 15) is 23.6 Å². The van der Waals surface area contributed by atoms with Crippen LogP contribution in [0.2, 0.25) is 0 Å². The fourth-order valence-corrected chi connectivity index (χ4v) is 4.47. The molecule has 7 nitrogen and oxygen atoms in total. The van der Waals surface area contributed by atoms with Gasteiger partial charge in [0.25, 0.3) is 5.69 Å². The number of hydrogen-bond donors (Lipinski definition) is 1. The molecule has 2 aliphatic rings. The second kappa shape index (κ2) is 6.81. The fourth-order valence-electron chi connectivity index (χ4n) is 3.03. The van der Waals surface area contributed by atoms with Crippen LogP contribution in [-0.4, -0.2) is 35.8 Å². The highest BCUT2D eigenvalue weighted by Gasteiger charge is 2.32. The van der Waals surface area contributed by atoms with E-state index in [1.54, 1.807) is 6.08 Å². The molecule has 0 spiro atoms. The molecule has 0 aromatic heterocycles. The van der Waals surface area contributed by atoms with Gasteiger partial charge in [-0.1, -0.05) is 23.8 Å². The van der Waals surface area contributed by atoms with Crippen LogP contribution in [0.5, 0.6) is 0 Å². The van der Waals surface area contributed by atoms with Gasteiger partial charge in [0.1, 0.15) is 5.76 Å². The number of nitro benzene ring substituents is 1. The number of non-ortho nitro benzene ring substituents is 1. The predicted octanol–water partition coefficient (Wildman–Crippen LogP) is 2.93. The molecule has 1 aromatic carbocycles. The normalized spacial score (nSPS) is 21.5. The SMILES string of the molecule is O=[N+]([O-])c1ccc(S(=O)(=O)N2CC(O)=CC(C3=CC=CCC3)C2)cc1. The van der Waals surface area contributed by atoms with E-state index >= 15 is 0 Å². The largest absolute Gasteiger partial charge is 0.511 e. The van der Waals surface area contributed by atoms with Gasteiger partial charge in [-0.05, 0) is 31.1 Å². The van der Waals surface area contributed by atoms with E-state index in [0.717, 1.165) is 18.4 Å². The molecule has 0 saturated heterocycles. The summed E-state index contributed by atoms with van der Waals surface area (Å²) in [6, 6.07) is 4.78. The molecule has 132 valence electrons. The number of allylic oxidation sites excluding steroid dienone is 3. The van der Waals surface area contributed by atoms with Crippen LogP contribution < -0.4 is 0 Å². The first-order valence-electron chi connectivity index (χ1n) is 7.88. The van der Waals surface area contributed by atoms with Crippen molar-refractivity contribution in [3.63, 3.8) is 0 Å². The maximum atomic E-state index is 12.8. The first-order chi connectivity index (χ1) is 11.9. The van der Waals surface area contributed by atoms with Gasteiger partial charge in [0.15, 0.2) is 0 Å². The Morgan fingerprint density at radius 1 is 1.24 bits per heavy atom. The number of sulfonamides is 1. The van der Waals surface area contributed by atoms with Gasteiger partial charge in [0.05, 0.1) is 16.4 Å². The fraction of sp³-hybridized carbons (Fsp3) is 0.294. The molecule has 8 heteroatoms. The van der Waals surface area contributed by atoms with Gasteiger partial charge >= 0.3 is 0 Å². The van der Waals surface area contributed by atoms with Crippen LogP contribution in [0.4, 0.5) is 5.69 Å². The van der Waals surface area contributed by atoms with E-state index in [2.05, 4.69) is 0 Å². The second-order valence-corrected chi connectivity index (χ2v) is 7.96. The third kappa shape index (κ3) is 3.64. The molecule has 1 aromatic rings. The summed E-state index contributed by atoms with van der Waals surface area (Å²) in [4.78, 5) is 10.1. The summed E-state index contributed by atoms with van der Waals surface area (Å²) in [6.45, 7) is 0.141. The lowest BCUT2D eigenvalue weighted by atomic mass is 9.90. The number of rotatable bonds is 4. The summed E-state index contributed by atoms with van der Waals surface area (Å²) < 4.78 is 26.9. The van der Waals surface area contributed by atoms with Crippen LogP contribution in [0.1, 0.15) is 12.8 Å². The second-order valence-electron chi connectivity index (χ2n) is 6.02. The smallest absolute Gasteiger partial charge is 0.269 e. The summed E-state index contributed by atoms with van der Waals surface area (Å²) in [7, 11) is -3.84. The third-order valence-corrected chi connectivity index (χ3v) is 6.17. The van der Waals surface area contributed by atoms with Crippen molar-refractivity contribution >= 4 is 15.7 Å². The van der Waals surface area contributed by atoms with Crippen molar-refractivity contribution in [3.05, 3.63) is 70.0 Å². The average molecular weight is 362 g/mol. The highest BCUT2D eigenvalue weighted by atomic mass is 32.2. The minimum absolute atomic E-state index is 0.0113.